The van der Waals surface area contributed by atoms with Crippen LogP contribution in [0.3, 0.4) is 0 Å². The average Bonchev–Trinajstić information content (AvgIpc) is 2.36. The Bertz CT molecular complexity index is 504. The number of hydrogen-bond donors (Lipinski definition) is 0. The molecule has 1 rings (SSSR count). The quantitative estimate of drug-likeness (QED) is 0.614. The molecule has 23 heavy (non-hydrogen) atoms. The molecule has 0 fully saturated rings. The number of methoxy groups -OCH3 is 1. The molecule has 0 aliphatic carbocycles. The smallest absolute Gasteiger partial charge is 0.357 e. The first-order valence-electron chi connectivity index (χ1n) is 7.15. The molecule has 0 saturated carbocycles. The molecule has 0 aromatic heterocycles. The molecule has 1 nitrogen and oxygen atoms in total. The summed E-state index contributed by atoms with van der Waals surface area (Å²) in [6.45, 7) is 5.64. The highest BCUT2D eigenvalue weighted by atomic mass is 19.4. The highest BCUT2D eigenvalue weighted by molar-refractivity contribution is 5.33. The number of halogens is 6. The van der Waals surface area contributed by atoms with Gasteiger partial charge < -0.3 is 4.74 Å². The highest BCUT2D eigenvalue weighted by Gasteiger charge is 2.73. The lowest BCUT2D eigenvalue weighted by atomic mass is 9.86. The Hall–Kier alpha value is -1.24. The van der Waals surface area contributed by atoms with Crippen molar-refractivity contribution >= 4 is 0 Å². The summed E-state index contributed by atoms with van der Waals surface area (Å²) in [5.41, 5.74) is -4.85. The van der Waals surface area contributed by atoms with Crippen molar-refractivity contribution in [2.75, 3.05) is 7.11 Å². The molecular weight excluding hydrogens is 322 g/mol. The molecule has 0 amide bonds. The largest absolute Gasteiger partial charge is 0.430 e. The topological polar surface area (TPSA) is 9.23 Å². The van der Waals surface area contributed by atoms with Gasteiger partial charge in [0.05, 0.1) is 0 Å². The molecule has 1 unspecified atom stereocenters. The summed E-state index contributed by atoms with van der Waals surface area (Å²) in [6.07, 6.45) is -10.6. The van der Waals surface area contributed by atoms with Crippen molar-refractivity contribution in [2.45, 2.75) is 51.1 Å². The first kappa shape index (κ1) is 19.8. The van der Waals surface area contributed by atoms with Crippen LogP contribution in [-0.2, 0) is 10.3 Å². The number of alkyl halides is 6. The molecule has 0 bridgehead atoms. The van der Waals surface area contributed by atoms with Crippen LogP contribution >= 0.6 is 0 Å². The van der Waals surface area contributed by atoms with Gasteiger partial charge in [0.2, 0.25) is 0 Å². The van der Waals surface area contributed by atoms with E-state index < -0.39 is 23.5 Å². The van der Waals surface area contributed by atoms with Crippen molar-refractivity contribution in [1.82, 2.24) is 0 Å². The first-order chi connectivity index (χ1) is 10.4. The van der Waals surface area contributed by atoms with E-state index in [4.69, 9.17) is 0 Å². The molecule has 1 atom stereocenters. The lowest BCUT2D eigenvalue weighted by Gasteiger charge is -2.36. The SMILES string of the molecule is COC(c1cccc(C(C)CC(C)C)c1)(C(F)(F)F)C(F)(F)F. The number of benzene rings is 1. The Kier molecular flexibility index (Phi) is 5.78. The van der Waals surface area contributed by atoms with Crippen LogP contribution in [0.1, 0.15) is 44.2 Å². The van der Waals surface area contributed by atoms with Gasteiger partial charge in [0, 0.05) is 12.7 Å². The third kappa shape index (κ3) is 3.82. The summed E-state index contributed by atoms with van der Waals surface area (Å²) in [6, 6.07) is 4.48. The molecule has 1 aromatic carbocycles. The maximum atomic E-state index is 13.3. The van der Waals surface area contributed by atoms with E-state index in [1.807, 2.05) is 13.8 Å². The van der Waals surface area contributed by atoms with Gasteiger partial charge in [-0.2, -0.15) is 26.3 Å². The van der Waals surface area contributed by atoms with Crippen LogP contribution in [-0.4, -0.2) is 19.5 Å². The molecule has 0 aliphatic rings. The summed E-state index contributed by atoms with van der Waals surface area (Å²) in [5, 5.41) is 0. The summed E-state index contributed by atoms with van der Waals surface area (Å²) in [7, 11) is 0.422. The van der Waals surface area contributed by atoms with E-state index in [9.17, 15) is 26.3 Å². The van der Waals surface area contributed by atoms with Crippen molar-refractivity contribution in [3.8, 4) is 0 Å². The van der Waals surface area contributed by atoms with Crippen LogP contribution in [0.5, 0.6) is 0 Å². The Morgan fingerprint density at radius 2 is 1.48 bits per heavy atom. The number of hydrogen-bond acceptors (Lipinski definition) is 1. The van der Waals surface area contributed by atoms with Crippen molar-refractivity contribution in [2.24, 2.45) is 5.92 Å². The van der Waals surface area contributed by atoms with E-state index in [0.717, 1.165) is 12.1 Å². The van der Waals surface area contributed by atoms with Crippen molar-refractivity contribution < 1.29 is 31.1 Å². The summed E-state index contributed by atoms with van der Waals surface area (Å²) in [4.78, 5) is 0. The molecule has 132 valence electrons. The van der Waals surface area contributed by atoms with Gasteiger partial charge in [0.1, 0.15) is 0 Å². The normalized spacial score (nSPS) is 15.1. The predicted octanol–water partition coefficient (Wildman–Crippen LogP) is 5.80. The third-order valence-corrected chi connectivity index (χ3v) is 3.79. The summed E-state index contributed by atoms with van der Waals surface area (Å²) < 4.78 is 83.5. The van der Waals surface area contributed by atoms with Crippen molar-refractivity contribution in [3.05, 3.63) is 35.4 Å². The van der Waals surface area contributed by atoms with Crippen LogP contribution in [0, 0.1) is 5.92 Å². The molecule has 0 aliphatic heterocycles. The molecule has 0 radical (unpaired) electrons. The maximum absolute atomic E-state index is 13.3. The Morgan fingerprint density at radius 3 is 1.87 bits per heavy atom. The Balaban J connectivity index is 3.46. The van der Waals surface area contributed by atoms with Gasteiger partial charge in [-0.1, -0.05) is 45.0 Å². The lowest BCUT2D eigenvalue weighted by molar-refractivity contribution is -0.383. The zero-order valence-corrected chi connectivity index (χ0v) is 13.3. The van der Waals surface area contributed by atoms with Gasteiger partial charge in [-0.3, -0.25) is 0 Å². The summed E-state index contributed by atoms with van der Waals surface area (Å²) in [5.74, 6) is 0.108. The fourth-order valence-corrected chi connectivity index (χ4v) is 2.74. The molecule has 0 N–H and O–H groups in total. The monoisotopic (exact) mass is 342 g/mol. The maximum Gasteiger partial charge on any atom is 0.430 e. The zero-order chi connectivity index (χ0) is 18.1. The minimum absolute atomic E-state index is 0.161. The van der Waals surface area contributed by atoms with Crippen LogP contribution in [0.25, 0.3) is 0 Å². The molecule has 1 aromatic rings. The van der Waals surface area contributed by atoms with Crippen molar-refractivity contribution in [3.63, 3.8) is 0 Å². The highest BCUT2D eigenvalue weighted by Crippen LogP contribution is 2.52. The van der Waals surface area contributed by atoms with Gasteiger partial charge in [0.15, 0.2) is 0 Å². The van der Waals surface area contributed by atoms with E-state index in [2.05, 4.69) is 4.74 Å². The van der Waals surface area contributed by atoms with Crippen LogP contribution < -0.4 is 0 Å². The first-order valence-corrected chi connectivity index (χ1v) is 7.15. The number of rotatable bonds is 5. The van der Waals surface area contributed by atoms with Crippen molar-refractivity contribution in [1.29, 1.82) is 0 Å². The minimum atomic E-state index is -5.63. The van der Waals surface area contributed by atoms with Gasteiger partial charge in [-0.05, 0) is 23.8 Å². The van der Waals surface area contributed by atoms with E-state index >= 15 is 0 Å². The third-order valence-electron chi connectivity index (χ3n) is 3.79. The molecule has 0 saturated heterocycles. The minimum Gasteiger partial charge on any atom is -0.357 e. The summed E-state index contributed by atoms with van der Waals surface area (Å²) >= 11 is 0. The van der Waals surface area contributed by atoms with E-state index in [1.54, 1.807) is 6.92 Å². The average molecular weight is 342 g/mol. The Labute approximate surface area is 131 Å². The fraction of sp³-hybridized carbons (Fsp3) is 0.625. The predicted molar refractivity (Wildman–Crippen MR) is 75.1 cm³/mol. The molecular formula is C16H20F6O. The standard InChI is InChI=1S/C16H20F6O/c1-10(2)8-11(3)12-6-5-7-13(9-12)14(23-4,15(17,18)19)16(20,21)22/h5-7,9-11H,8H2,1-4H3. The van der Waals surface area contributed by atoms with Crippen LogP contribution in [0.2, 0.25) is 0 Å². The van der Waals surface area contributed by atoms with E-state index in [-0.39, 0.29) is 11.8 Å². The lowest BCUT2D eigenvalue weighted by Crippen LogP contribution is -2.55. The van der Waals surface area contributed by atoms with Crippen LogP contribution in [0.15, 0.2) is 24.3 Å². The second kappa shape index (κ2) is 6.71. The van der Waals surface area contributed by atoms with E-state index in [0.29, 0.717) is 19.1 Å². The van der Waals surface area contributed by atoms with Gasteiger partial charge in [0.25, 0.3) is 5.60 Å². The second-order valence-corrected chi connectivity index (χ2v) is 6.04. The molecule has 7 heteroatoms. The van der Waals surface area contributed by atoms with E-state index in [1.165, 1.54) is 12.1 Å². The Morgan fingerprint density at radius 1 is 0.957 bits per heavy atom. The van der Waals surface area contributed by atoms with Gasteiger partial charge in [-0.15, -0.1) is 0 Å². The molecule has 0 heterocycles. The number of ether oxygens (including phenoxy) is 1. The zero-order valence-electron chi connectivity index (χ0n) is 13.3. The second-order valence-electron chi connectivity index (χ2n) is 6.04. The fourth-order valence-electron chi connectivity index (χ4n) is 2.74. The molecule has 0 spiro atoms. The van der Waals surface area contributed by atoms with Gasteiger partial charge >= 0.3 is 12.4 Å². The van der Waals surface area contributed by atoms with Gasteiger partial charge in [-0.25, -0.2) is 0 Å². The van der Waals surface area contributed by atoms with Crippen LogP contribution in [0.4, 0.5) is 26.3 Å².